The molecule has 2 aromatic carbocycles. The number of aryl methyl sites for hydroxylation is 2. The second kappa shape index (κ2) is 5.29. The molecule has 0 atom stereocenters. The van der Waals surface area contributed by atoms with E-state index in [1.165, 1.54) is 29.4 Å². The Balaban J connectivity index is 1.93. The van der Waals surface area contributed by atoms with Gasteiger partial charge >= 0.3 is 0 Å². The number of fused-ring (bicyclic) bond motifs is 3. The number of hydrogen-bond acceptors (Lipinski definition) is 3. The molecule has 1 saturated heterocycles. The fourth-order valence-electron chi connectivity index (χ4n) is 3.34. The highest BCUT2D eigenvalue weighted by Crippen LogP contribution is 2.34. The van der Waals surface area contributed by atoms with Crippen molar-refractivity contribution in [2.24, 2.45) is 0 Å². The molecule has 0 radical (unpaired) electrons. The van der Waals surface area contributed by atoms with Gasteiger partial charge in [-0.3, -0.25) is 14.9 Å². The summed E-state index contributed by atoms with van der Waals surface area (Å²) >= 11 is 0.976. The number of amides is 2. The molecule has 1 aliphatic heterocycles. The van der Waals surface area contributed by atoms with Crippen LogP contribution in [0.5, 0.6) is 0 Å². The maximum atomic E-state index is 11.8. The molecule has 0 spiro atoms. The quantitative estimate of drug-likeness (QED) is 0.809. The van der Waals surface area contributed by atoms with Gasteiger partial charge in [-0.2, -0.15) is 0 Å². The smallest absolute Gasteiger partial charge is 0.282 e. The van der Waals surface area contributed by atoms with Crippen molar-refractivity contribution < 1.29 is 9.59 Å². The molecule has 0 unspecified atom stereocenters. The van der Waals surface area contributed by atoms with E-state index >= 15 is 0 Å². The first kappa shape index (κ1) is 13.6. The second-order valence-electron chi connectivity index (χ2n) is 5.71. The molecule has 1 heterocycles. The van der Waals surface area contributed by atoms with Gasteiger partial charge in [0.15, 0.2) is 0 Å². The first-order chi connectivity index (χ1) is 10.7. The molecule has 4 rings (SSSR count). The van der Waals surface area contributed by atoms with Gasteiger partial charge in [-0.05, 0) is 71.0 Å². The zero-order valence-corrected chi connectivity index (χ0v) is 12.8. The number of thioether (sulfide) groups is 1. The highest BCUT2D eigenvalue weighted by molar-refractivity contribution is 8.18. The van der Waals surface area contributed by atoms with Crippen LogP contribution in [-0.2, 0) is 17.6 Å². The van der Waals surface area contributed by atoms with Crippen molar-refractivity contribution >= 4 is 39.8 Å². The van der Waals surface area contributed by atoms with Crippen LogP contribution in [0.1, 0.15) is 29.5 Å². The fourth-order valence-corrected chi connectivity index (χ4v) is 4.01. The van der Waals surface area contributed by atoms with Crippen molar-refractivity contribution in [3.8, 4) is 0 Å². The SMILES string of the molecule is O=C1NC(=O)C(=Cc2cc3c(c4ccccc24)CCCC3)S1. The van der Waals surface area contributed by atoms with Crippen LogP contribution in [0.3, 0.4) is 0 Å². The number of hydrogen-bond donors (Lipinski definition) is 1. The first-order valence-electron chi connectivity index (χ1n) is 7.51. The molecule has 1 N–H and O–H groups in total. The molecule has 1 aliphatic carbocycles. The lowest BCUT2D eigenvalue weighted by molar-refractivity contribution is -0.115. The van der Waals surface area contributed by atoms with E-state index in [1.54, 1.807) is 0 Å². The lowest BCUT2D eigenvalue weighted by Crippen LogP contribution is -2.17. The summed E-state index contributed by atoms with van der Waals surface area (Å²) in [4.78, 5) is 23.6. The highest BCUT2D eigenvalue weighted by Gasteiger charge is 2.25. The van der Waals surface area contributed by atoms with Gasteiger partial charge < -0.3 is 0 Å². The molecule has 1 fully saturated rings. The van der Waals surface area contributed by atoms with Crippen molar-refractivity contribution in [1.29, 1.82) is 0 Å². The summed E-state index contributed by atoms with van der Waals surface area (Å²) in [5.41, 5.74) is 3.86. The molecule has 22 heavy (non-hydrogen) atoms. The number of carbonyl (C=O) groups excluding carboxylic acids is 2. The van der Waals surface area contributed by atoms with Crippen molar-refractivity contribution in [1.82, 2.24) is 5.32 Å². The molecule has 3 nitrogen and oxygen atoms in total. The standard InChI is InChI=1S/C18H15NO2S/c20-17-16(22-18(21)19-17)10-12-9-11-5-1-2-6-13(11)15-8-4-3-7-14(12)15/h3-4,7-10H,1-2,5-6H2,(H,19,20,21). The fraction of sp³-hybridized carbons (Fsp3) is 0.222. The van der Waals surface area contributed by atoms with E-state index < -0.39 is 0 Å². The molecule has 2 aromatic rings. The van der Waals surface area contributed by atoms with Gasteiger partial charge in [0.1, 0.15) is 0 Å². The van der Waals surface area contributed by atoms with Gasteiger partial charge in [0.05, 0.1) is 4.91 Å². The number of nitrogens with one attached hydrogen (secondary N) is 1. The summed E-state index contributed by atoms with van der Waals surface area (Å²) in [5, 5.41) is 4.46. The third kappa shape index (κ3) is 2.24. The van der Waals surface area contributed by atoms with E-state index in [-0.39, 0.29) is 11.1 Å². The van der Waals surface area contributed by atoms with Gasteiger partial charge in [0, 0.05) is 0 Å². The molecule has 2 amide bonds. The monoisotopic (exact) mass is 309 g/mol. The highest BCUT2D eigenvalue weighted by atomic mass is 32.2. The van der Waals surface area contributed by atoms with Crippen LogP contribution < -0.4 is 5.32 Å². The van der Waals surface area contributed by atoms with Crippen molar-refractivity contribution in [2.75, 3.05) is 0 Å². The Morgan fingerprint density at radius 1 is 1.05 bits per heavy atom. The molecule has 4 heteroatoms. The third-order valence-electron chi connectivity index (χ3n) is 4.33. The van der Waals surface area contributed by atoms with E-state index in [1.807, 2.05) is 12.1 Å². The summed E-state index contributed by atoms with van der Waals surface area (Å²) in [6.45, 7) is 0. The van der Waals surface area contributed by atoms with Crippen LogP contribution >= 0.6 is 11.8 Å². The van der Waals surface area contributed by atoms with Crippen LogP contribution in [0.4, 0.5) is 4.79 Å². The van der Waals surface area contributed by atoms with Gasteiger partial charge in [0.25, 0.3) is 11.1 Å². The summed E-state index contributed by atoms with van der Waals surface area (Å²) in [5.74, 6) is -0.295. The van der Waals surface area contributed by atoms with Gasteiger partial charge in [-0.15, -0.1) is 0 Å². The zero-order chi connectivity index (χ0) is 15.1. The van der Waals surface area contributed by atoms with Gasteiger partial charge in [0.2, 0.25) is 0 Å². The average Bonchev–Trinajstić information content (AvgIpc) is 2.85. The molecule has 0 aromatic heterocycles. The van der Waals surface area contributed by atoms with E-state index in [9.17, 15) is 9.59 Å². The van der Waals surface area contributed by atoms with E-state index in [2.05, 4.69) is 29.6 Å². The Kier molecular flexibility index (Phi) is 3.26. The molecule has 0 bridgehead atoms. The summed E-state index contributed by atoms with van der Waals surface area (Å²) in [6.07, 6.45) is 6.52. The topological polar surface area (TPSA) is 46.2 Å². The maximum absolute atomic E-state index is 11.8. The van der Waals surface area contributed by atoms with Gasteiger partial charge in [-0.1, -0.05) is 30.3 Å². The van der Waals surface area contributed by atoms with E-state index in [4.69, 9.17) is 0 Å². The van der Waals surface area contributed by atoms with Crippen molar-refractivity contribution in [2.45, 2.75) is 25.7 Å². The van der Waals surface area contributed by atoms with Crippen LogP contribution in [0, 0.1) is 0 Å². The van der Waals surface area contributed by atoms with Crippen LogP contribution in [0.2, 0.25) is 0 Å². The average molecular weight is 309 g/mol. The third-order valence-corrected chi connectivity index (χ3v) is 5.14. The molecule has 2 aliphatic rings. The lowest BCUT2D eigenvalue weighted by Gasteiger charge is -2.19. The zero-order valence-electron chi connectivity index (χ0n) is 12.0. The van der Waals surface area contributed by atoms with Gasteiger partial charge in [-0.25, -0.2) is 0 Å². The molecular weight excluding hydrogens is 294 g/mol. The Hall–Kier alpha value is -2.07. The Morgan fingerprint density at radius 2 is 1.82 bits per heavy atom. The normalized spacial score (nSPS) is 19.5. The molecular formula is C18H15NO2S. The molecule has 110 valence electrons. The molecule has 0 saturated carbocycles. The summed E-state index contributed by atoms with van der Waals surface area (Å²) in [7, 11) is 0. The first-order valence-corrected chi connectivity index (χ1v) is 8.32. The van der Waals surface area contributed by atoms with E-state index in [0.717, 1.165) is 35.6 Å². The van der Waals surface area contributed by atoms with Crippen LogP contribution in [0.25, 0.3) is 16.8 Å². The lowest BCUT2D eigenvalue weighted by atomic mass is 9.85. The largest absolute Gasteiger partial charge is 0.290 e. The Bertz CT molecular complexity index is 838. The number of rotatable bonds is 1. The Morgan fingerprint density at radius 3 is 2.59 bits per heavy atom. The van der Waals surface area contributed by atoms with E-state index in [0.29, 0.717) is 4.91 Å². The summed E-state index contributed by atoms with van der Waals surface area (Å²) < 4.78 is 0. The Labute approximate surface area is 132 Å². The maximum Gasteiger partial charge on any atom is 0.290 e. The summed E-state index contributed by atoms with van der Waals surface area (Å²) in [6, 6.07) is 10.5. The number of carbonyl (C=O) groups is 2. The predicted molar refractivity (Wildman–Crippen MR) is 89.7 cm³/mol. The van der Waals surface area contributed by atoms with Crippen LogP contribution in [0.15, 0.2) is 35.2 Å². The van der Waals surface area contributed by atoms with Crippen molar-refractivity contribution in [3.63, 3.8) is 0 Å². The number of imide groups is 1. The minimum atomic E-state index is -0.295. The second-order valence-corrected chi connectivity index (χ2v) is 6.72. The minimum Gasteiger partial charge on any atom is -0.282 e. The predicted octanol–water partition coefficient (Wildman–Crippen LogP) is 4.04. The van der Waals surface area contributed by atoms with Crippen LogP contribution in [-0.4, -0.2) is 11.1 Å². The van der Waals surface area contributed by atoms with Crippen molar-refractivity contribution in [3.05, 3.63) is 51.9 Å². The number of benzene rings is 2. The minimum absolute atomic E-state index is 0.293.